The maximum absolute atomic E-state index is 3.20. The van der Waals surface area contributed by atoms with Gasteiger partial charge < -0.3 is 0 Å². The second-order valence-electron chi connectivity index (χ2n) is 22.3. The van der Waals surface area contributed by atoms with Crippen LogP contribution in [0.5, 0.6) is 0 Å². The highest BCUT2D eigenvalue weighted by molar-refractivity contribution is 5.12. The van der Waals surface area contributed by atoms with Gasteiger partial charge in [-0.1, -0.05) is 127 Å². The van der Waals surface area contributed by atoms with E-state index in [1.807, 2.05) is 0 Å². The van der Waals surface area contributed by atoms with Gasteiger partial charge in [-0.2, -0.15) is 0 Å². The number of hydrogen-bond donors (Lipinski definition) is 0. The van der Waals surface area contributed by atoms with Crippen LogP contribution in [0.25, 0.3) is 0 Å². The first-order chi connectivity index (χ1) is 27.8. The lowest BCUT2D eigenvalue weighted by molar-refractivity contribution is -0.0245. The molecule has 9 aliphatic rings. The molecule has 2 heteroatoms. The first-order valence-electron chi connectivity index (χ1n) is 26.7. The molecular formula is C54H90N2. The first-order valence-corrected chi connectivity index (χ1v) is 26.7. The van der Waals surface area contributed by atoms with Crippen molar-refractivity contribution in [1.29, 1.82) is 0 Å². The molecule has 0 bridgehead atoms. The number of rotatable bonds is 10. The lowest BCUT2D eigenvalue weighted by atomic mass is 9.50. The van der Waals surface area contributed by atoms with Crippen LogP contribution in [0.15, 0.2) is 24.3 Å². The Morgan fingerprint density at radius 2 is 0.446 bits per heavy atom. The smallest absolute Gasteiger partial charge is 0.0102 e. The molecule has 56 heavy (non-hydrogen) atoms. The molecule has 0 spiro atoms. The third-order valence-electron chi connectivity index (χ3n) is 19.2. The molecule has 0 radical (unpaired) electrons. The standard InChI is InChI=1S/C54H90N2/c1-5-17-43(18-6-1)55(44-19-7-2-8-20-44)47-35-29-41(30-36-47)33-39-53-49-25-13-15-27-51(49)54(52-28-16-14-26-50(52)53)40-34-42-31-37-48(38-32-42)56(45-21-9-3-10-22-45)46-23-11-4-12-24-46/h33-34,39-54H,1-32,35-38H2/b39-33+,40-34+. The largest absolute Gasteiger partial charge is 0.294 e. The van der Waals surface area contributed by atoms with Gasteiger partial charge in [0.1, 0.15) is 0 Å². The van der Waals surface area contributed by atoms with Gasteiger partial charge in [0, 0.05) is 36.3 Å². The average molecular weight is 767 g/mol. The quantitative estimate of drug-likeness (QED) is 0.204. The van der Waals surface area contributed by atoms with Gasteiger partial charge in [-0.3, -0.25) is 9.80 Å². The van der Waals surface area contributed by atoms with Gasteiger partial charge in [0.05, 0.1) is 0 Å². The highest BCUT2D eigenvalue weighted by Crippen LogP contribution is 2.57. The van der Waals surface area contributed by atoms with Crippen molar-refractivity contribution in [2.45, 2.75) is 267 Å². The zero-order valence-corrected chi connectivity index (χ0v) is 36.7. The van der Waals surface area contributed by atoms with Gasteiger partial charge in [-0.25, -0.2) is 0 Å². The van der Waals surface area contributed by atoms with Crippen LogP contribution in [0, 0.1) is 47.3 Å². The summed E-state index contributed by atoms with van der Waals surface area (Å²) >= 11 is 0. The highest BCUT2D eigenvalue weighted by atomic mass is 15.2. The Bertz CT molecular complexity index is 1040. The number of allylic oxidation sites excluding steroid dienone is 4. The number of fused-ring (bicyclic) bond motifs is 2. The van der Waals surface area contributed by atoms with E-state index in [0.29, 0.717) is 0 Å². The Hall–Kier alpha value is -0.600. The molecule has 0 aromatic carbocycles. The van der Waals surface area contributed by atoms with E-state index in [1.165, 1.54) is 231 Å². The van der Waals surface area contributed by atoms with E-state index in [2.05, 4.69) is 34.1 Å². The van der Waals surface area contributed by atoms with Crippen LogP contribution in [0.1, 0.15) is 231 Å². The second-order valence-corrected chi connectivity index (χ2v) is 22.3. The van der Waals surface area contributed by atoms with Crippen molar-refractivity contribution in [1.82, 2.24) is 9.80 Å². The van der Waals surface area contributed by atoms with Crippen LogP contribution in [0.2, 0.25) is 0 Å². The van der Waals surface area contributed by atoms with Crippen molar-refractivity contribution < 1.29 is 0 Å². The normalized spacial score (nSPS) is 40.7. The van der Waals surface area contributed by atoms with Crippen LogP contribution in [-0.2, 0) is 0 Å². The lowest BCUT2D eigenvalue weighted by Gasteiger charge is -2.54. The van der Waals surface area contributed by atoms with Gasteiger partial charge in [-0.05, 0) is 176 Å². The molecule has 0 aromatic heterocycles. The second kappa shape index (κ2) is 20.3. The number of nitrogens with zero attached hydrogens (tertiary/aromatic N) is 2. The predicted octanol–water partition coefficient (Wildman–Crippen LogP) is 15.0. The van der Waals surface area contributed by atoms with E-state index in [0.717, 1.165) is 83.6 Å². The zero-order chi connectivity index (χ0) is 37.5. The summed E-state index contributed by atoms with van der Waals surface area (Å²) in [4.78, 5) is 6.39. The van der Waals surface area contributed by atoms with Crippen LogP contribution in [0.3, 0.4) is 0 Å². The summed E-state index contributed by atoms with van der Waals surface area (Å²) in [5.41, 5.74) is 0. The predicted molar refractivity (Wildman–Crippen MR) is 239 cm³/mol. The first kappa shape index (κ1) is 40.8. The molecule has 9 fully saturated rings. The Balaban J connectivity index is 0.829. The molecule has 4 atom stereocenters. The third-order valence-corrected chi connectivity index (χ3v) is 19.2. The Kier molecular flexibility index (Phi) is 14.8. The van der Waals surface area contributed by atoms with Crippen molar-refractivity contribution in [3.63, 3.8) is 0 Å². The average Bonchev–Trinajstić information content (AvgIpc) is 3.27. The van der Waals surface area contributed by atoms with Gasteiger partial charge in [0.25, 0.3) is 0 Å². The van der Waals surface area contributed by atoms with E-state index < -0.39 is 0 Å². The van der Waals surface area contributed by atoms with Gasteiger partial charge in [0.15, 0.2) is 0 Å². The summed E-state index contributed by atoms with van der Waals surface area (Å²) in [6.45, 7) is 0. The minimum absolute atomic E-state index is 0.856. The fourth-order valence-electron chi connectivity index (χ4n) is 16.6. The summed E-state index contributed by atoms with van der Waals surface area (Å²) < 4.78 is 0. The molecule has 4 unspecified atom stereocenters. The fourth-order valence-corrected chi connectivity index (χ4v) is 16.6. The molecule has 0 aromatic rings. The molecule has 9 saturated carbocycles. The Morgan fingerprint density at radius 3 is 0.714 bits per heavy atom. The fraction of sp³-hybridized carbons (Fsp3) is 0.926. The molecular weight excluding hydrogens is 677 g/mol. The van der Waals surface area contributed by atoms with Crippen LogP contribution in [-0.4, -0.2) is 46.1 Å². The topological polar surface area (TPSA) is 6.48 Å². The van der Waals surface area contributed by atoms with E-state index in [9.17, 15) is 0 Å². The summed E-state index contributed by atoms with van der Waals surface area (Å²) in [6, 6.07) is 5.44. The van der Waals surface area contributed by atoms with Crippen LogP contribution < -0.4 is 0 Å². The monoisotopic (exact) mass is 767 g/mol. The molecule has 2 nitrogen and oxygen atoms in total. The van der Waals surface area contributed by atoms with E-state index in [1.54, 1.807) is 0 Å². The minimum Gasteiger partial charge on any atom is -0.294 e. The lowest BCUT2D eigenvalue weighted by Crippen LogP contribution is -2.52. The number of hydrogen-bond acceptors (Lipinski definition) is 2. The van der Waals surface area contributed by atoms with Gasteiger partial charge >= 0.3 is 0 Å². The summed E-state index contributed by atoms with van der Waals surface area (Å²) in [6.07, 6.45) is 65.5. The summed E-state index contributed by atoms with van der Waals surface area (Å²) in [5.74, 6) is 7.35. The van der Waals surface area contributed by atoms with E-state index >= 15 is 0 Å². The Morgan fingerprint density at radius 1 is 0.214 bits per heavy atom. The van der Waals surface area contributed by atoms with Crippen molar-refractivity contribution in [3.05, 3.63) is 24.3 Å². The van der Waals surface area contributed by atoms with Gasteiger partial charge in [0.2, 0.25) is 0 Å². The van der Waals surface area contributed by atoms with Crippen molar-refractivity contribution >= 4 is 0 Å². The molecule has 0 N–H and O–H groups in total. The molecule has 0 amide bonds. The molecule has 0 aliphatic heterocycles. The summed E-state index contributed by atoms with van der Waals surface area (Å²) in [7, 11) is 0. The highest BCUT2D eigenvalue weighted by Gasteiger charge is 2.49. The molecule has 9 aliphatic carbocycles. The maximum atomic E-state index is 3.20. The maximum Gasteiger partial charge on any atom is 0.0102 e. The Labute approximate surface area is 347 Å². The van der Waals surface area contributed by atoms with E-state index in [4.69, 9.17) is 0 Å². The van der Waals surface area contributed by atoms with Crippen LogP contribution in [0.4, 0.5) is 0 Å². The van der Waals surface area contributed by atoms with Crippen molar-refractivity contribution in [3.8, 4) is 0 Å². The van der Waals surface area contributed by atoms with Crippen molar-refractivity contribution in [2.75, 3.05) is 0 Å². The van der Waals surface area contributed by atoms with E-state index in [-0.39, 0.29) is 0 Å². The molecule has 316 valence electrons. The van der Waals surface area contributed by atoms with Crippen LogP contribution >= 0.6 is 0 Å². The summed E-state index contributed by atoms with van der Waals surface area (Å²) in [5, 5.41) is 0. The molecule has 0 saturated heterocycles. The van der Waals surface area contributed by atoms with Gasteiger partial charge in [-0.15, -0.1) is 0 Å². The molecule has 0 heterocycles. The zero-order valence-electron chi connectivity index (χ0n) is 36.7. The third kappa shape index (κ3) is 9.63. The van der Waals surface area contributed by atoms with Crippen molar-refractivity contribution in [2.24, 2.45) is 47.3 Å². The SMILES string of the molecule is C(=C\C1C2CCCCC2C(/C=C/C2CCC(N(C3CCCCC3)C3CCCCC3)CC2)C2CCCCC12)/C1CCC(N(C2CCCCC2)C2CCCCC2)CC1. The molecule has 9 rings (SSSR count). The minimum atomic E-state index is 0.856.